The molecule has 0 N–H and O–H groups in total. The van der Waals surface area contributed by atoms with Gasteiger partial charge in [0.15, 0.2) is 0 Å². The van der Waals surface area contributed by atoms with Crippen molar-refractivity contribution in [3.8, 4) is 22.8 Å². The fraction of sp³-hybridized carbons (Fsp3) is 0.0385. The first-order chi connectivity index (χ1) is 15.4. The van der Waals surface area contributed by atoms with Crippen LogP contribution in [0.25, 0.3) is 23.5 Å². The summed E-state index contributed by atoms with van der Waals surface area (Å²) >= 11 is 5.87. The van der Waals surface area contributed by atoms with E-state index in [9.17, 15) is 13.2 Å². The molecule has 0 aliphatic rings. The molecular weight excluding hydrogens is 435 g/mol. The minimum atomic E-state index is -4.38. The lowest BCUT2D eigenvalue weighted by Gasteiger charge is -2.09. The predicted molar refractivity (Wildman–Crippen MR) is 122 cm³/mol. The second kappa shape index (κ2) is 9.23. The summed E-state index contributed by atoms with van der Waals surface area (Å²) in [6.45, 7) is 0. The van der Waals surface area contributed by atoms with Crippen LogP contribution in [0.5, 0.6) is 11.5 Å². The van der Waals surface area contributed by atoms with E-state index in [1.165, 1.54) is 6.07 Å². The van der Waals surface area contributed by atoms with Crippen molar-refractivity contribution in [1.29, 1.82) is 0 Å². The summed E-state index contributed by atoms with van der Waals surface area (Å²) in [5, 5.41) is 0.642. The van der Waals surface area contributed by atoms with Crippen molar-refractivity contribution in [2.45, 2.75) is 6.18 Å². The molecule has 0 aliphatic carbocycles. The summed E-state index contributed by atoms with van der Waals surface area (Å²) in [4.78, 5) is 0. The van der Waals surface area contributed by atoms with E-state index < -0.39 is 11.7 Å². The average Bonchev–Trinajstić information content (AvgIpc) is 3.25. The fourth-order valence-corrected chi connectivity index (χ4v) is 3.22. The molecule has 0 bridgehead atoms. The van der Waals surface area contributed by atoms with Gasteiger partial charge in [-0.15, -0.1) is 5.73 Å². The van der Waals surface area contributed by atoms with Crippen molar-refractivity contribution in [3.63, 3.8) is 0 Å². The highest BCUT2D eigenvalue weighted by molar-refractivity contribution is 6.30. The number of hydrogen-bond acceptors (Lipinski definition) is 1. The first-order valence-electron chi connectivity index (χ1n) is 9.69. The molecule has 4 rings (SSSR count). The van der Waals surface area contributed by atoms with E-state index in [0.717, 1.165) is 17.7 Å². The first-order valence-corrected chi connectivity index (χ1v) is 10.1. The Bertz CT molecular complexity index is 1270. The summed E-state index contributed by atoms with van der Waals surface area (Å²) in [5.74, 6) is 1.37. The van der Waals surface area contributed by atoms with E-state index in [2.05, 4.69) is 5.73 Å². The van der Waals surface area contributed by atoms with E-state index in [4.69, 9.17) is 16.3 Å². The Labute approximate surface area is 188 Å². The van der Waals surface area contributed by atoms with Gasteiger partial charge in [0, 0.05) is 11.2 Å². The van der Waals surface area contributed by atoms with Gasteiger partial charge in [0.1, 0.15) is 11.5 Å². The minimum Gasteiger partial charge on any atom is -0.457 e. The van der Waals surface area contributed by atoms with Gasteiger partial charge in [0.2, 0.25) is 0 Å². The van der Waals surface area contributed by atoms with Crippen molar-refractivity contribution in [2.75, 3.05) is 0 Å². The van der Waals surface area contributed by atoms with Gasteiger partial charge in [0.05, 0.1) is 17.5 Å². The van der Waals surface area contributed by atoms with Crippen LogP contribution in [0, 0.1) is 0 Å². The summed E-state index contributed by atoms with van der Waals surface area (Å²) in [5.41, 5.74) is 4.41. The van der Waals surface area contributed by atoms with Crippen molar-refractivity contribution in [3.05, 3.63) is 113 Å². The number of benzene rings is 3. The second-order valence-corrected chi connectivity index (χ2v) is 7.38. The molecule has 0 fully saturated rings. The van der Waals surface area contributed by atoms with E-state index in [0.29, 0.717) is 27.8 Å². The monoisotopic (exact) mass is 451 g/mol. The molecule has 6 heteroatoms. The molecule has 0 saturated carbocycles. The Kier molecular flexibility index (Phi) is 6.22. The van der Waals surface area contributed by atoms with Crippen LogP contribution in [0.1, 0.15) is 11.1 Å². The molecule has 2 nitrogen and oxygen atoms in total. The van der Waals surface area contributed by atoms with Crippen LogP contribution in [0.3, 0.4) is 0 Å². The largest absolute Gasteiger partial charge is 0.457 e. The van der Waals surface area contributed by atoms with Crippen LogP contribution in [0.2, 0.25) is 5.02 Å². The zero-order chi connectivity index (χ0) is 22.6. The summed E-state index contributed by atoms with van der Waals surface area (Å²) in [6.07, 6.45) is 0.835. The molecule has 0 spiro atoms. The van der Waals surface area contributed by atoms with Crippen molar-refractivity contribution < 1.29 is 17.9 Å². The van der Waals surface area contributed by atoms with Gasteiger partial charge < -0.3 is 9.30 Å². The number of alkyl halides is 3. The standard InChI is InChI=1S/C26H17ClF3NO/c27-22-10-14-24(15-11-22)32-23-12-8-19(9-13-23)4-2-16-31-17-3-7-25(31)20-5-1-6-21(18-20)26(28,29)30/h1,3-18H. The van der Waals surface area contributed by atoms with Crippen LogP contribution < -0.4 is 4.74 Å². The lowest BCUT2D eigenvalue weighted by atomic mass is 10.1. The molecule has 0 saturated heterocycles. The highest BCUT2D eigenvalue weighted by atomic mass is 35.5. The smallest absolute Gasteiger partial charge is 0.416 e. The van der Waals surface area contributed by atoms with Gasteiger partial charge in [-0.3, -0.25) is 0 Å². The molecule has 1 heterocycles. The third-order valence-corrected chi connectivity index (χ3v) is 4.91. The lowest BCUT2D eigenvalue weighted by molar-refractivity contribution is -0.137. The van der Waals surface area contributed by atoms with Crippen molar-refractivity contribution in [2.24, 2.45) is 0 Å². The van der Waals surface area contributed by atoms with Crippen LogP contribution >= 0.6 is 11.6 Å². The molecule has 0 aliphatic heterocycles. The Morgan fingerprint density at radius 2 is 1.53 bits per heavy atom. The topological polar surface area (TPSA) is 14.2 Å². The Hall–Kier alpha value is -3.66. The average molecular weight is 452 g/mol. The number of ether oxygens (including phenoxy) is 1. The highest BCUT2D eigenvalue weighted by Crippen LogP contribution is 2.32. The zero-order valence-corrected chi connectivity index (χ0v) is 17.4. The van der Waals surface area contributed by atoms with Crippen molar-refractivity contribution >= 4 is 23.9 Å². The van der Waals surface area contributed by atoms with E-state index in [1.807, 2.05) is 24.3 Å². The van der Waals surface area contributed by atoms with Crippen LogP contribution in [0.4, 0.5) is 13.2 Å². The Morgan fingerprint density at radius 3 is 2.22 bits per heavy atom. The van der Waals surface area contributed by atoms with Gasteiger partial charge in [-0.1, -0.05) is 35.9 Å². The maximum atomic E-state index is 13.0. The number of halogens is 4. The van der Waals surface area contributed by atoms with Crippen LogP contribution in [0.15, 0.2) is 96.9 Å². The summed E-state index contributed by atoms with van der Waals surface area (Å²) in [7, 11) is 0. The maximum absolute atomic E-state index is 13.0. The van der Waals surface area contributed by atoms with Crippen molar-refractivity contribution in [1.82, 2.24) is 4.57 Å². The summed E-state index contributed by atoms with van der Waals surface area (Å²) < 4.78 is 46.6. The SMILES string of the molecule is FC(F)(F)c1cccc(-c2cccn2C=C=Cc2ccc(Oc3ccc(Cl)cc3)cc2)c1. The zero-order valence-electron chi connectivity index (χ0n) is 16.7. The Morgan fingerprint density at radius 1 is 0.844 bits per heavy atom. The number of hydrogen-bond donors (Lipinski definition) is 0. The van der Waals surface area contributed by atoms with Gasteiger partial charge in [-0.2, -0.15) is 13.2 Å². The van der Waals surface area contributed by atoms with Crippen LogP contribution in [-0.2, 0) is 6.18 Å². The lowest BCUT2D eigenvalue weighted by Crippen LogP contribution is -2.04. The van der Waals surface area contributed by atoms with Gasteiger partial charge in [-0.25, -0.2) is 0 Å². The molecule has 0 radical (unpaired) electrons. The number of aromatic nitrogens is 1. The fourth-order valence-electron chi connectivity index (χ4n) is 3.09. The predicted octanol–water partition coefficient (Wildman–Crippen LogP) is 8.40. The molecule has 0 unspecified atom stereocenters. The number of nitrogens with zero attached hydrogens (tertiary/aromatic N) is 1. The third kappa shape index (κ3) is 5.33. The van der Waals surface area contributed by atoms with Gasteiger partial charge in [-0.05, 0) is 77.9 Å². The van der Waals surface area contributed by atoms with Crippen LogP contribution in [-0.4, -0.2) is 4.57 Å². The second-order valence-electron chi connectivity index (χ2n) is 6.94. The van der Waals surface area contributed by atoms with Gasteiger partial charge in [0.25, 0.3) is 0 Å². The molecule has 0 amide bonds. The van der Waals surface area contributed by atoms with E-state index in [-0.39, 0.29) is 0 Å². The molecule has 0 atom stereocenters. The molecule has 4 aromatic rings. The van der Waals surface area contributed by atoms with E-state index in [1.54, 1.807) is 65.5 Å². The quantitative estimate of drug-likeness (QED) is 0.278. The Balaban J connectivity index is 1.49. The highest BCUT2D eigenvalue weighted by Gasteiger charge is 2.30. The first kappa shape index (κ1) is 21.6. The molecular formula is C26H17ClF3NO. The van der Waals surface area contributed by atoms with E-state index >= 15 is 0 Å². The summed E-state index contributed by atoms with van der Waals surface area (Å²) in [6, 6.07) is 23.3. The molecule has 160 valence electrons. The molecule has 1 aromatic heterocycles. The molecule has 32 heavy (non-hydrogen) atoms. The number of rotatable bonds is 5. The molecule has 3 aromatic carbocycles. The third-order valence-electron chi connectivity index (χ3n) is 4.66. The normalized spacial score (nSPS) is 11.0. The van der Waals surface area contributed by atoms with Gasteiger partial charge >= 0.3 is 6.18 Å². The maximum Gasteiger partial charge on any atom is 0.416 e. The minimum absolute atomic E-state index is 0.478.